The van der Waals surface area contributed by atoms with Crippen LogP contribution in [0.2, 0.25) is 0 Å². The number of amides is 4. The van der Waals surface area contributed by atoms with Crippen molar-refractivity contribution in [2.75, 3.05) is 31.1 Å². The number of piperazine rings is 1. The Labute approximate surface area is 157 Å². The van der Waals surface area contributed by atoms with Crippen molar-refractivity contribution >= 4 is 23.5 Å². The normalized spacial score (nSPS) is 19.9. The number of hydrogen-bond acceptors (Lipinski definition) is 4. The smallest absolute Gasteiger partial charge is 0.329 e. The molecular formula is C20H20N4O3. The van der Waals surface area contributed by atoms with E-state index in [0.717, 1.165) is 12.1 Å². The van der Waals surface area contributed by atoms with Crippen LogP contribution in [-0.4, -0.2) is 48.9 Å². The highest BCUT2D eigenvalue weighted by Crippen LogP contribution is 2.21. The molecule has 4 rings (SSSR count). The Morgan fingerprint density at radius 2 is 1.74 bits per heavy atom. The van der Waals surface area contributed by atoms with Gasteiger partial charge in [0.25, 0.3) is 5.91 Å². The lowest BCUT2D eigenvalue weighted by molar-refractivity contribution is -0.117. The minimum atomic E-state index is -0.438. The summed E-state index contributed by atoms with van der Waals surface area (Å²) in [5.41, 5.74) is 2.32. The molecule has 2 fully saturated rings. The maximum atomic E-state index is 12.9. The van der Waals surface area contributed by atoms with Gasteiger partial charge in [-0.05, 0) is 29.8 Å². The molecule has 4 amide bonds. The van der Waals surface area contributed by atoms with Gasteiger partial charge in [-0.1, -0.05) is 30.3 Å². The van der Waals surface area contributed by atoms with Crippen LogP contribution >= 0.6 is 0 Å². The molecule has 2 N–H and O–H groups in total. The topological polar surface area (TPSA) is 81.8 Å². The average molecular weight is 364 g/mol. The number of nitrogens with zero attached hydrogens (tertiary/aromatic N) is 2. The van der Waals surface area contributed by atoms with Gasteiger partial charge >= 0.3 is 6.03 Å². The second-order valence-electron chi connectivity index (χ2n) is 6.65. The van der Waals surface area contributed by atoms with Crippen LogP contribution in [0.25, 0.3) is 0 Å². The second-order valence-corrected chi connectivity index (χ2v) is 6.65. The van der Waals surface area contributed by atoms with Crippen molar-refractivity contribution < 1.29 is 14.4 Å². The van der Waals surface area contributed by atoms with E-state index in [2.05, 4.69) is 22.8 Å². The summed E-state index contributed by atoms with van der Waals surface area (Å²) in [5, 5.41) is 5.69. The lowest BCUT2D eigenvalue weighted by Crippen LogP contribution is -2.48. The minimum absolute atomic E-state index is 0.00266. The Morgan fingerprint density at radius 3 is 2.41 bits per heavy atom. The lowest BCUT2D eigenvalue weighted by Gasteiger charge is -2.34. The third-order valence-electron chi connectivity index (χ3n) is 4.88. The van der Waals surface area contributed by atoms with Crippen LogP contribution in [0.15, 0.2) is 54.6 Å². The van der Waals surface area contributed by atoms with Crippen LogP contribution in [0.5, 0.6) is 0 Å². The van der Waals surface area contributed by atoms with Gasteiger partial charge in [-0.2, -0.15) is 0 Å². The van der Waals surface area contributed by atoms with Gasteiger partial charge in [0.15, 0.2) is 0 Å². The quantitative estimate of drug-likeness (QED) is 0.810. The van der Waals surface area contributed by atoms with Crippen molar-refractivity contribution in [1.29, 1.82) is 0 Å². The summed E-state index contributed by atoms with van der Waals surface area (Å²) in [6, 6.07) is 16.6. The Hall–Kier alpha value is -3.19. The zero-order valence-electron chi connectivity index (χ0n) is 14.7. The van der Waals surface area contributed by atoms with Crippen LogP contribution in [0.1, 0.15) is 22.0 Å². The fraction of sp³-hybridized carbons (Fsp3) is 0.250. The molecule has 2 aromatic carbocycles. The van der Waals surface area contributed by atoms with Crippen LogP contribution in [0.4, 0.5) is 10.5 Å². The van der Waals surface area contributed by atoms with E-state index in [1.165, 1.54) is 4.90 Å². The van der Waals surface area contributed by atoms with E-state index in [1.807, 2.05) is 23.1 Å². The SMILES string of the molecule is O=C1CN(c2ccc(C(=O)N3CCN[C@H](c4ccccc4)C3)cc2)C(=O)N1. The summed E-state index contributed by atoms with van der Waals surface area (Å²) < 4.78 is 0. The molecule has 0 spiro atoms. The number of imide groups is 1. The molecule has 138 valence electrons. The van der Waals surface area contributed by atoms with E-state index in [1.54, 1.807) is 24.3 Å². The lowest BCUT2D eigenvalue weighted by atomic mass is 10.0. The number of carbonyl (C=O) groups excluding carboxylic acids is 3. The first-order chi connectivity index (χ1) is 13.1. The average Bonchev–Trinajstić information content (AvgIpc) is 3.06. The number of hydrogen-bond donors (Lipinski definition) is 2. The van der Waals surface area contributed by atoms with Crippen molar-refractivity contribution in [3.8, 4) is 0 Å². The number of rotatable bonds is 3. The van der Waals surface area contributed by atoms with Crippen molar-refractivity contribution in [3.63, 3.8) is 0 Å². The van der Waals surface area contributed by atoms with E-state index in [0.29, 0.717) is 24.3 Å². The third kappa shape index (κ3) is 3.54. The number of benzene rings is 2. The summed E-state index contributed by atoms with van der Waals surface area (Å²) in [7, 11) is 0. The van der Waals surface area contributed by atoms with Crippen molar-refractivity contribution in [2.24, 2.45) is 0 Å². The molecule has 2 heterocycles. The van der Waals surface area contributed by atoms with Crippen LogP contribution < -0.4 is 15.5 Å². The zero-order chi connectivity index (χ0) is 18.8. The molecule has 2 aliphatic heterocycles. The van der Waals surface area contributed by atoms with Gasteiger partial charge < -0.3 is 10.2 Å². The van der Waals surface area contributed by atoms with Gasteiger partial charge in [0.1, 0.15) is 6.54 Å². The summed E-state index contributed by atoms with van der Waals surface area (Å²) in [4.78, 5) is 39.1. The Balaban J connectivity index is 1.46. The van der Waals surface area contributed by atoms with Gasteiger partial charge in [0.05, 0.1) is 0 Å². The zero-order valence-corrected chi connectivity index (χ0v) is 14.7. The first-order valence-electron chi connectivity index (χ1n) is 8.91. The van der Waals surface area contributed by atoms with Gasteiger partial charge in [-0.25, -0.2) is 4.79 Å². The van der Waals surface area contributed by atoms with E-state index < -0.39 is 6.03 Å². The number of anilines is 1. The molecule has 7 heteroatoms. The minimum Gasteiger partial charge on any atom is -0.335 e. The highest BCUT2D eigenvalue weighted by atomic mass is 16.2. The molecule has 2 saturated heterocycles. The molecule has 2 aromatic rings. The van der Waals surface area contributed by atoms with Crippen molar-refractivity contribution in [2.45, 2.75) is 6.04 Å². The van der Waals surface area contributed by atoms with Gasteiger partial charge in [-0.3, -0.25) is 19.8 Å². The fourth-order valence-corrected chi connectivity index (χ4v) is 3.46. The van der Waals surface area contributed by atoms with Crippen LogP contribution in [-0.2, 0) is 4.79 Å². The molecule has 0 radical (unpaired) electrons. The first kappa shape index (κ1) is 17.2. The monoisotopic (exact) mass is 364 g/mol. The summed E-state index contributed by atoms with van der Waals surface area (Å²) >= 11 is 0. The number of urea groups is 1. The summed E-state index contributed by atoms with van der Waals surface area (Å²) in [6.07, 6.45) is 0. The van der Waals surface area contributed by atoms with Crippen molar-refractivity contribution in [1.82, 2.24) is 15.5 Å². The Kier molecular flexibility index (Phi) is 4.60. The largest absolute Gasteiger partial charge is 0.335 e. The van der Waals surface area contributed by atoms with Gasteiger partial charge in [0.2, 0.25) is 5.91 Å². The number of carbonyl (C=O) groups is 3. The van der Waals surface area contributed by atoms with Gasteiger partial charge in [0, 0.05) is 36.9 Å². The third-order valence-corrected chi connectivity index (χ3v) is 4.88. The highest BCUT2D eigenvalue weighted by Gasteiger charge is 2.29. The molecule has 1 atom stereocenters. The first-order valence-corrected chi connectivity index (χ1v) is 8.91. The molecule has 2 aliphatic rings. The predicted molar refractivity (Wildman–Crippen MR) is 100 cm³/mol. The standard InChI is InChI=1S/C20H20N4O3/c25-18-13-24(20(27)22-18)16-8-6-15(7-9-16)19(26)23-11-10-21-17(12-23)14-4-2-1-3-5-14/h1-9,17,21H,10-13H2,(H,22,25,27)/t17-/m0/s1. The molecular weight excluding hydrogens is 344 g/mol. The highest BCUT2D eigenvalue weighted by molar-refractivity contribution is 6.12. The van der Waals surface area contributed by atoms with E-state index in [4.69, 9.17) is 0 Å². The van der Waals surface area contributed by atoms with Gasteiger partial charge in [-0.15, -0.1) is 0 Å². The maximum Gasteiger partial charge on any atom is 0.329 e. The summed E-state index contributed by atoms with van der Waals surface area (Å²) in [5.74, 6) is -0.362. The van der Waals surface area contributed by atoms with Crippen LogP contribution in [0, 0.1) is 0 Å². The van der Waals surface area contributed by atoms with E-state index in [9.17, 15) is 14.4 Å². The fourth-order valence-electron chi connectivity index (χ4n) is 3.46. The molecule has 0 aliphatic carbocycles. The van der Waals surface area contributed by atoms with Crippen LogP contribution in [0.3, 0.4) is 0 Å². The Morgan fingerprint density at radius 1 is 1.00 bits per heavy atom. The van der Waals surface area contributed by atoms with Crippen molar-refractivity contribution in [3.05, 3.63) is 65.7 Å². The molecule has 7 nitrogen and oxygen atoms in total. The molecule has 0 bridgehead atoms. The molecule has 0 saturated carbocycles. The predicted octanol–water partition coefficient (Wildman–Crippen LogP) is 1.53. The van der Waals surface area contributed by atoms with E-state index >= 15 is 0 Å². The van der Waals surface area contributed by atoms with E-state index in [-0.39, 0.29) is 24.4 Å². The molecule has 27 heavy (non-hydrogen) atoms. The molecule has 0 unspecified atom stereocenters. The summed E-state index contributed by atoms with van der Waals surface area (Å²) in [6.45, 7) is 1.99. The Bertz CT molecular complexity index is 867. The second kappa shape index (κ2) is 7.20. The maximum absolute atomic E-state index is 12.9. The molecule has 0 aromatic heterocycles. The number of nitrogens with one attached hydrogen (secondary N) is 2.